The maximum Gasteiger partial charge on any atom is 0.196 e. The maximum atomic E-state index is 5.67. The smallest absolute Gasteiger partial charge is 0.196 e. The van der Waals surface area contributed by atoms with E-state index in [-0.39, 0.29) is 0 Å². The molecule has 0 aliphatic carbocycles. The number of nitrogens with zero attached hydrogens (tertiary/aromatic N) is 3. The van der Waals surface area contributed by atoms with Crippen LogP contribution >= 0.6 is 11.8 Å². The quantitative estimate of drug-likeness (QED) is 0.419. The zero-order valence-electron chi connectivity index (χ0n) is 17.0. The monoisotopic (exact) mass is 408 g/mol. The van der Waals surface area contributed by atoms with Crippen LogP contribution in [-0.2, 0) is 0 Å². The molecule has 0 aliphatic heterocycles. The maximum absolute atomic E-state index is 5.67. The third kappa shape index (κ3) is 3.58. The number of hydrogen-bond donors (Lipinski definition) is 1. The van der Waals surface area contributed by atoms with Gasteiger partial charge in [0, 0.05) is 34.0 Å². The standard InChI is InChI=1S/C22H24N4O2S/c1-5-14(2)29-22-25-24-21(17-13-23-18-9-7-6-8-16(17)18)26(22)19-12-15(27-3)10-11-20(19)28-4/h6-14,23H,5H2,1-4H3. The molecule has 150 valence electrons. The van der Waals surface area contributed by atoms with Crippen LogP contribution in [0.15, 0.2) is 53.8 Å². The van der Waals surface area contributed by atoms with Gasteiger partial charge in [0.05, 0.1) is 19.9 Å². The van der Waals surface area contributed by atoms with Crippen molar-refractivity contribution in [3.63, 3.8) is 0 Å². The third-order valence-corrected chi connectivity index (χ3v) is 6.18. The summed E-state index contributed by atoms with van der Waals surface area (Å²) in [5, 5.41) is 11.5. The first kappa shape index (κ1) is 19.4. The fourth-order valence-corrected chi connectivity index (χ4v) is 4.13. The van der Waals surface area contributed by atoms with Crippen molar-refractivity contribution >= 4 is 22.7 Å². The number of para-hydroxylation sites is 1. The van der Waals surface area contributed by atoms with Gasteiger partial charge in [0.25, 0.3) is 0 Å². The second kappa shape index (κ2) is 8.21. The molecule has 0 saturated heterocycles. The Kier molecular flexibility index (Phi) is 5.49. The van der Waals surface area contributed by atoms with E-state index in [1.54, 1.807) is 26.0 Å². The van der Waals surface area contributed by atoms with E-state index in [2.05, 4.69) is 45.7 Å². The lowest BCUT2D eigenvalue weighted by Crippen LogP contribution is -2.04. The second-order valence-corrected chi connectivity index (χ2v) is 8.17. The van der Waals surface area contributed by atoms with Gasteiger partial charge in [-0.1, -0.05) is 43.8 Å². The molecule has 4 rings (SSSR count). The average Bonchev–Trinajstić information content (AvgIpc) is 3.36. The highest BCUT2D eigenvalue weighted by atomic mass is 32.2. The molecule has 1 N–H and O–H groups in total. The van der Waals surface area contributed by atoms with Gasteiger partial charge in [-0.05, 0) is 24.6 Å². The molecule has 0 amide bonds. The molecule has 2 heterocycles. The van der Waals surface area contributed by atoms with Gasteiger partial charge in [0.15, 0.2) is 11.0 Å². The van der Waals surface area contributed by atoms with Gasteiger partial charge in [-0.25, -0.2) is 0 Å². The van der Waals surface area contributed by atoms with E-state index >= 15 is 0 Å². The Balaban J connectivity index is 1.97. The summed E-state index contributed by atoms with van der Waals surface area (Å²) in [5.74, 6) is 2.25. The Morgan fingerprint density at radius 3 is 2.69 bits per heavy atom. The zero-order valence-corrected chi connectivity index (χ0v) is 17.8. The molecule has 4 aromatic rings. The van der Waals surface area contributed by atoms with Crippen LogP contribution in [-0.4, -0.2) is 39.2 Å². The minimum absolute atomic E-state index is 0.408. The molecule has 0 aliphatic rings. The number of fused-ring (bicyclic) bond motifs is 1. The van der Waals surface area contributed by atoms with E-state index in [0.29, 0.717) is 5.25 Å². The Morgan fingerprint density at radius 1 is 1.10 bits per heavy atom. The number of hydrogen-bond acceptors (Lipinski definition) is 5. The van der Waals surface area contributed by atoms with Crippen molar-refractivity contribution in [2.24, 2.45) is 0 Å². The van der Waals surface area contributed by atoms with Crippen LogP contribution in [0.4, 0.5) is 0 Å². The van der Waals surface area contributed by atoms with Crippen molar-refractivity contribution in [2.75, 3.05) is 14.2 Å². The van der Waals surface area contributed by atoms with Crippen LogP contribution in [0.25, 0.3) is 28.0 Å². The SMILES string of the molecule is CCC(C)Sc1nnc(-c2c[nH]c3ccccc23)n1-c1cc(OC)ccc1OC. The number of H-pyrrole nitrogens is 1. The summed E-state index contributed by atoms with van der Waals surface area (Å²) in [5.41, 5.74) is 2.91. The lowest BCUT2D eigenvalue weighted by molar-refractivity contribution is 0.401. The van der Waals surface area contributed by atoms with Gasteiger partial charge >= 0.3 is 0 Å². The van der Waals surface area contributed by atoms with E-state index in [1.165, 1.54) is 0 Å². The summed E-state index contributed by atoms with van der Waals surface area (Å²) < 4.78 is 13.2. The molecule has 7 heteroatoms. The molecular formula is C22H24N4O2S. The summed E-state index contributed by atoms with van der Waals surface area (Å²) in [6.07, 6.45) is 3.02. The first-order valence-electron chi connectivity index (χ1n) is 9.57. The molecule has 0 spiro atoms. The predicted molar refractivity (Wildman–Crippen MR) is 117 cm³/mol. The van der Waals surface area contributed by atoms with E-state index in [4.69, 9.17) is 9.47 Å². The van der Waals surface area contributed by atoms with E-state index in [1.807, 2.05) is 36.5 Å². The summed E-state index contributed by atoms with van der Waals surface area (Å²) in [7, 11) is 3.33. The van der Waals surface area contributed by atoms with E-state index < -0.39 is 0 Å². The number of aromatic amines is 1. The van der Waals surface area contributed by atoms with E-state index in [9.17, 15) is 0 Å². The van der Waals surface area contributed by atoms with Gasteiger partial charge in [0.2, 0.25) is 0 Å². The predicted octanol–water partition coefficient (Wildman–Crippen LogP) is 5.32. The molecule has 0 bridgehead atoms. The largest absolute Gasteiger partial charge is 0.497 e. The number of rotatable bonds is 7. The summed E-state index contributed by atoms with van der Waals surface area (Å²) >= 11 is 1.70. The highest BCUT2D eigenvalue weighted by Crippen LogP contribution is 2.38. The fraction of sp³-hybridized carbons (Fsp3) is 0.273. The molecule has 2 aromatic carbocycles. The number of benzene rings is 2. The van der Waals surface area contributed by atoms with Crippen molar-refractivity contribution in [2.45, 2.75) is 30.7 Å². The minimum atomic E-state index is 0.408. The third-order valence-electron chi connectivity index (χ3n) is 4.97. The molecule has 1 atom stereocenters. The van der Waals surface area contributed by atoms with Crippen LogP contribution in [0.1, 0.15) is 20.3 Å². The summed E-state index contributed by atoms with van der Waals surface area (Å²) in [6.45, 7) is 4.36. The zero-order chi connectivity index (χ0) is 20.4. The number of aromatic nitrogens is 4. The molecule has 0 fully saturated rings. The van der Waals surface area contributed by atoms with Gasteiger partial charge < -0.3 is 14.5 Å². The van der Waals surface area contributed by atoms with Crippen LogP contribution in [0.2, 0.25) is 0 Å². The van der Waals surface area contributed by atoms with Crippen molar-refractivity contribution in [1.82, 2.24) is 19.7 Å². The van der Waals surface area contributed by atoms with Crippen LogP contribution in [0.5, 0.6) is 11.5 Å². The van der Waals surface area contributed by atoms with Gasteiger partial charge in [-0.3, -0.25) is 4.57 Å². The van der Waals surface area contributed by atoms with Gasteiger partial charge in [0.1, 0.15) is 11.5 Å². The number of nitrogens with one attached hydrogen (secondary N) is 1. The van der Waals surface area contributed by atoms with Crippen LogP contribution < -0.4 is 9.47 Å². The lowest BCUT2D eigenvalue weighted by Gasteiger charge is -2.16. The number of methoxy groups -OCH3 is 2. The Morgan fingerprint density at radius 2 is 1.93 bits per heavy atom. The topological polar surface area (TPSA) is 65.0 Å². The van der Waals surface area contributed by atoms with Crippen molar-refractivity contribution in [1.29, 1.82) is 0 Å². The fourth-order valence-electron chi connectivity index (χ4n) is 3.23. The lowest BCUT2D eigenvalue weighted by atomic mass is 10.1. The molecule has 2 aromatic heterocycles. The Hall–Kier alpha value is -2.93. The number of thioether (sulfide) groups is 1. The van der Waals surface area contributed by atoms with Crippen molar-refractivity contribution in [3.05, 3.63) is 48.7 Å². The first-order chi connectivity index (χ1) is 14.2. The number of ether oxygens (including phenoxy) is 2. The first-order valence-corrected chi connectivity index (χ1v) is 10.4. The normalized spacial score (nSPS) is 12.3. The molecule has 29 heavy (non-hydrogen) atoms. The second-order valence-electron chi connectivity index (χ2n) is 6.76. The highest BCUT2D eigenvalue weighted by Gasteiger charge is 2.22. The molecular weight excluding hydrogens is 384 g/mol. The highest BCUT2D eigenvalue weighted by molar-refractivity contribution is 7.99. The molecule has 0 radical (unpaired) electrons. The van der Waals surface area contributed by atoms with E-state index in [0.717, 1.165) is 51.1 Å². The molecule has 0 saturated carbocycles. The Labute approximate surface area is 174 Å². The summed E-state index contributed by atoms with van der Waals surface area (Å²) in [6, 6.07) is 13.9. The van der Waals surface area contributed by atoms with Crippen molar-refractivity contribution in [3.8, 4) is 28.6 Å². The molecule has 6 nitrogen and oxygen atoms in total. The minimum Gasteiger partial charge on any atom is -0.497 e. The van der Waals surface area contributed by atoms with Gasteiger partial charge in [-0.15, -0.1) is 10.2 Å². The van der Waals surface area contributed by atoms with Crippen LogP contribution in [0.3, 0.4) is 0 Å². The summed E-state index contributed by atoms with van der Waals surface area (Å²) in [4.78, 5) is 3.33. The van der Waals surface area contributed by atoms with Gasteiger partial charge in [-0.2, -0.15) is 0 Å². The van der Waals surface area contributed by atoms with Crippen molar-refractivity contribution < 1.29 is 9.47 Å². The van der Waals surface area contributed by atoms with Crippen LogP contribution in [0, 0.1) is 0 Å². The Bertz CT molecular complexity index is 1140. The molecule has 1 unspecified atom stereocenters. The average molecular weight is 409 g/mol.